The fraction of sp³-hybridized carbons (Fsp3) is 0.263. The third kappa shape index (κ3) is 5.12. The Morgan fingerprint density at radius 3 is 2.42 bits per heavy atom. The summed E-state index contributed by atoms with van der Waals surface area (Å²) in [7, 11) is 1.57. The van der Waals surface area contributed by atoms with Crippen molar-refractivity contribution in [3.8, 4) is 11.5 Å². The van der Waals surface area contributed by atoms with Crippen LogP contribution in [0, 0.1) is 6.92 Å². The highest BCUT2D eigenvalue weighted by Gasteiger charge is 2.08. The molecule has 0 aromatic heterocycles. The van der Waals surface area contributed by atoms with Crippen LogP contribution in [-0.4, -0.2) is 25.4 Å². The molecule has 0 unspecified atom stereocenters. The number of aryl methyl sites for hydroxylation is 1. The summed E-state index contributed by atoms with van der Waals surface area (Å²) in [6, 6.07) is 12.2. The van der Waals surface area contributed by atoms with Crippen molar-refractivity contribution in [2.45, 2.75) is 21.3 Å². The maximum atomic E-state index is 11.9. The quantitative estimate of drug-likeness (QED) is 0.817. The van der Waals surface area contributed by atoms with E-state index in [0.29, 0.717) is 22.7 Å². The van der Waals surface area contributed by atoms with Gasteiger partial charge in [0.1, 0.15) is 11.5 Å². The summed E-state index contributed by atoms with van der Waals surface area (Å²) in [6.45, 7) is 3.24. The van der Waals surface area contributed by atoms with E-state index in [2.05, 4.69) is 5.32 Å². The number of carbonyl (C=O) groups is 2. The number of Topliss-reactive ketones (excluding diaryl/α,β-unsaturated/α-hetero) is 1. The molecule has 0 saturated heterocycles. The number of carbonyl (C=O) groups excluding carboxylic acids is 2. The summed E-state index contributed by atoms with van der Waals surface area (Å²) < 4.78 is 10.5. The molecular weight excluding hydrogens is 306 g/mol. The van der Waals surface area contributed by atoms with E-state index in [9.17, 15) is 9.59 Å². The van der Waals surface area contributed by atoms with E-state index in [4.69, 9.17) is 9.47 Å². The van der Waals surface area contributed by atoms with Crippen molar-refractivity contribution >= 4 is 17.4 Å². The Labute approximate surface area is 142 Å². The zero-order valence-electron chi connectivity index (χ0n) is 13.4. The maximum absolute atomic E-state index is 11.9. The van der Waals surface area contributed by atoms with Crippen LogP contribution in [0.1, 0.15) is 30.3 Å². The number of hydrogen-bond acceptors (Lipinski definition) is 4. The summed E-state index contributed by atoms with van der Waals surface area (Å²) in [5, 5.41) is 2.74. The lowest BCUT2D eigenvalue weighted by molar-refractivity contribution is -0.118. The summed E-state index contributed by atoms with van der Waals surface area (Å²) in [4.78, 5) is 23.3. The number of amides is 1. The van der Waals surface area contributed by atoms with Gasteiger partial charge in [-0.05, 0) is 49.7 Å². The maximum Gasteiger partial charge on any atom is 0.262 e. The number of hydrogen-bond donors (Lipinski definition) is 1. The van der Waals surface area contributed by atoms with Gasteiger partial charge in [0.05, 0.1) is 7.11 Å². The first kappa shape index (κ1) is 19.2. The molecule has 1 N–H and O–H groups in total. The van der Waals surface area contributed by atoms with Gasteiger partial charge in [0.25, 0.3) is 5.91 Å². The molecule has 24 heavy (non-hydrogen) atoms. The van der Waals surface area contributed by atoms with Crippen LogP contribution in [0.5, 0.6) is 11.5 Å². The Hall–Kier alpha value is -2.82. The van der Waals surface area contributed by atoms with Crippen LogP contribution in [0.15, 0.2) is 42.5 Å². The predicted octanol–water partition coefficient (Wildman–Crippen LogP) is 3.86. The molecule has 1 amide bonds. The molecule has 0 aliphatic carbocycles. The number of benzene rings is 2. The van der Waals surface area contributed by atoms with Gasteiger partial charge < -0.3 is 14.8 Å². The van der Waals surface area contributed by atoms with E-state index < -0.39 is 0 Å². The molecule has 0 aliphatic heterocycles. The van der Waals surface area contributed by atoms with Crippen LogP contribution in [0.4, 0.5) is 5.69 Å². The van der Waals surface area contributed by atoms with Crippen LogP contribution in [0.3, 0.4) is 0 Å². The van der Waals surface area contributed by atoms with E-state index in [-0.39, 0.29) is 25.7 Å². The molecule has 0 heterocycles. The summed E-state index contributed by atoms with van der Waals surface area (Å²) in [6.07, 6.45) is 0. The van der Waals surface area contributed by atoms with Crippen molar-refractivity contribution in [1.29, 1.82) is 0 Å². The molecule has 0 bridgehead atoms. The number of rotatable bonds is 6. The van der Waals surface area contributed by atoms with Crippen molar-refractivity contribution in [2.75, 3.05) is 19.0 Å². The van der Waals surface area contributed by atoms with Crippen LogP contribution < -0.4 is 14.8 Å². The van der Waals surface area contributed by atoms with Gasteiger partial charge in [0.2, 0.25) is 0 Å². The summed E-state index contributed by atoms with van der Waals surface area (Å²) >= 11 is 0. The Balaban J connectivity index is 0.00000288. The van der Waals surface area contributed by atoms with E-state index in [1.807, 2.05) is 6.92 Å². The average molecular weight is 329 g/mol. The van der Waals surface area contributed by atoms with Gasteiger partial charge in [-0.2, -0.15) is 0 Å². The minimum absolute atomic E-state index is 0. The molecule has 5 nitrogen and oxygen atoms in total. The van der Waals surface area contributed by atoms with Crippen LogP contribution in [0.25, 0.3) is 0 Å². The third-order valence-corrected chi connectivity index (χ3v) is 3.30. The topological polar surface area (TPSA) is 64.6 Å². The van der Waals surface area contributed by atoms with Gasteiger partial charge >= 0.3 is 0 Å². The monoisotopic (exact) mass is 329 g/mol. The van der Waals surface area contributed by atoms with Crippen LogP contribution in [0.2, 0.25) is 0 Å². The zero-order chi connectivity index (χ0) is 16.8. The van der Waals surface area contributed by atoms with E-state index in [1.165, 1.54) is 6.92 Å². The second-order valence-electron chi connectivity index (χ2n) is 5.10. The highest BCUT2D eigenvalue weighted by molar-refractivity contribution is 5.97. The first-order valence-corrected chi connectivity index (χ1v) is 7.18. The van der Waals surface area contributed by atoms with Crippen LogP contribution >= 0.6 is 0 Å². The van der Waals surface area contributed by atoms with Gasteiger partial charge in [-0.15, -0.1) is 0 Å². The largest absolute Gasteiger partial charge is 0.497 e. The number of anilines is 1. The smallest absolute Gasteiger partial charge is 0.262 e. The first-order chi connectivity index (χ1) is 11.0. The van der Waals surface area contributed by atoms with Crippen molar-refractivity contribution < 1.29 is 19.1 Å². The van der Waals surface area contributed by atoms with Crippen molar-refractivity contribution in [1.82, 2.24) is 0 Å². The normalized spacial score (nSPS) is 9.62. The molecule has 2 aromatic carbocycles. The van der Waals surface area contributed by atoms with Gasteiger partial charge in [0, 0.05) is 17.3 Å². The molecule has 2 aromatic rings. The second-order valence-corrected chi connectivity index (χ2v) is 5.10. The molecule has 128 valence electrons. The molecule has 0 fully saturated rings. The van der Waals surface area contributed by atoms with Crippen molar-refractivity contribution in [3.05, 3.63) is 53.6 Å². The first-order valence-electron chi connectivity index (χ1n) is 7.18. The van der Waals surface area contributed by atoms with E-state index in [1.54, 1.807) is 49.6 Å². The fourth-order valence-corrected chi connectivity index (χ4v) is 2.17. The van der Waals surface area contributed by atoms with Gasteiger partial charge in [-0.3, -0.25) is 9.59 Å². The van der Waals surface area contributed by atoms with Gasteiger partial charge in [0.15, 0.2) is 12.4 Å². The lowest BCUT2D eigenvalue weighted by Gasteiger charge is -2.10. The minimum atomic E-state index is -0.275. The molecule has 0 spiro atoms. The van der Waals surface area contributed by atoms with Crippen molar-refractivity contribution in [3.63, 3.8) is 0 Å². The average Bonchev–Trinajstić information content (AvgIpc) is 2.53. The zero-order valence-corrected chi connectivity index (χ0v) is 13.4. The fourth-order valence-electron chi connectivity index (χ4n) is 2.17. The Morgan fingerprint density at radius 2 is 1.79 bits per heavy atom. The molecule has 2 rings (SSSR count). The SMILES string of the molecule is C.COc1cccc(OCC(=O)Nc2ccc(C(C)=O)c(C)c2)c1. The van der Waals surface area contributed by atoms with Crippen molar-refractivity contribution in [2.24, 2.45) is 0 Å². The number of methoxy groups -OCH3 is 1. The standard InChI is InChI=1S/C18H19NO4.CH4/c1-12-9-14(7-8-17(12)13(2)20)19-18(21)11-23-16-6-4-5-15(10-16)22-3;/h4-10H,11H2,1-3H3,(H,19,21);1H4. The Kier molecular flexibility index (Phi) is 6.98. The lowest BCUT2D eigenvalue weighted by Crippen LogP contribution is -2.20. The number of ketones is 1. The summed E-state index contributed by atoms with van der Waals surface area (Å²) in [5.74, 6) is 0.950. The molecule has 0 saturated carbocycles. The van der Waals surface area contributed by atoms with E-state index >= 15 is 0 Å². The third-order valence-electron chi connectivity index (χ3n) is 3.30. The Morgan fingerprint density at radius 1 is 1.08 bits per heavy atom. The second kappa shape index (κ2) is 8.72. The molecule has 0 atom stereocenters. The minimum Gasteiger partial charge on any atom is -0.497 e. The highest BCUT2D eigenvalue weighted by atomic mass is 16.5. The highest BCUT2D eigenvalue weighted by Crippen LogP contribution is 2.19. The molecule has 0 radical (unpaired) electrons. The molecule has 0 aliphatic rings. The Bertz CT molecular complexity index is 725. The van der Waals surface area contributed by atoms with Gasteiger partial charge in [-0.25, -0.2) is 0 Å². The number of ether oxygens (including phenoxy) is 2. The lowest BCUT2D eigenvalue weighted by atomic mass is 10.0. The predicted molar refractivity (Wildman–Crippen MR) is 95.0 cm³/mol. The van der Waals surface area contributed by atoms with Crippen LogP contribution in [-0.2, 0) is 4.79 Å². The van der Waals surface area contributed by atoms with E-state index in [0.717, 1.165) is 5.56 Å². The number of nitrogens with one attached hydrogen (secondary N) is 1. The van der Waals surface area contributed by atoms with Gasteiger partial charge in [-0.1, -0.05) is 13.5 Å². The molecule has 5 heteroatoms. The summed E-state index contributed by atoms with van der Waals surface area (Å²) in [5.41, 5.74) is 2.10. The molecular formula is C19H23NO4.